The SMILES string of the molecule is COc1cccc(CCNC(=O)CCNc2ccc(C)c(Br)c2)c1. The summed E-state index contributed by atoms with van der Waals surface area (Å²) in [6.45, 7) is 3.28. The summed E-state index contributed by atoms with van der Waals surface area (Å²) in [4.78, 5) is 11.9. The number of benzene rings is 2. The van der Waals surface area contributed by atoms with E-state index in [1.54, 1.807) is 7.11 Å². The Hall–Kier alpha value is -2.01. The topological polar surface area (TPSA) is 50.4 Å². The van der Waals surface area contributed by atoms with Gasteiger partial charge in [0.05, 0.1) is 7.11 Å². The maximum absolute atomic E-state index is 11.9. The van der Waals surface area contributed by atoms with Gasteiger partial charge in [-0.2, -0.15) is 0 Å². The average molecular weight is 391 g/mol. The minimum absolute atomic E-state index is 0.0524. The number of anilines is 1. The lowest BCUT2D eigenvalue weighted by Crippen LogP contribution is -2.27. The zero-order valence-electron chi connectivity index (χ0n) is 14.1. The lowest BCUT2D eigenvalue weighted by molar-refractivity contribution is -0.120. The van der Waals surface area contributed by atoms with Gasteiger partial charge in [0.25, 0.3) is 0 Å². The molecule has 2 rings (SSSR count). The van der Waals surface area contributed by atoms with Crippen molar-refractivity contribution in [3.05, 3.63) is 58.1 Å². The van der Waals surface area contributed by atoms with Gasteiger partial charge in [0.1, 0.15) is 5.75 Å². The van der Waals surface area contributed by atoms with Crippen molar-refractivity contribution in [1.82, 2.24) is 5.32 Å². The number of carbonyl (C=O) groups is 1. The lowest BCUT2D eigenvalue weighted by Gasteiger charge is -2.09. The van der Waals surface area contributed by atoms with Crippen LogP contribution in [0.2, 0.25) is 0 Å². The van der Waals surface area contributed by atoms with Gasteiger partial charge in [-0.25, -0.2) is 0 Å². The molecule has 0 bridgehead atoms. The van der Waals surface area contributed by atoms with Gasteiger partial charge in [0.15, 0.2) is 0 Å². The van der Waals surface area contributed by atoms with E-state index in [0.29, 0.717) is 19.5 Å². The minimum Gasteiger partial charge on any atom is -0.497 e. The quantitative estimate of drug-likeness (QED) is 0.717. The summed E-state index contributed by atoms with van der Waals surface area (Å²) >= 11 is 3.51. The molecule has 0 unspecified atom stereocenters. The van der Waals surface area contributed by atoms with Crippen LogP contribution in [-0.2, 0) is 11.2 Å². The molecule has 0 spiro atoms. The van der Waals surface area contributed by atoms with Crippen LogP contribution in [0.4, 0.5) is 5.69 Å². The van der Waals surface area contributed by atoms with Crippen LogP contribution in [0.25, 0.3) is 0 Å². The second-order valence-corrected chi connectivity index (χ2v) is 6.45. The molecule has 0 saturated carbocycles. The van der Waals surface area contributed by atoms with Crippen LogP contribution >= 0.6 is 15.9 Å². The van der Waals surface area contributed by atoms with E-state index in [1.165, 1.54) is 5.56 Å². The largest absolute Gasteiger partial charge is 0.497 e. The van der Waals surface area contributed by atoms with Crippen LogP contribution in [0.5, 0.6) is 5.75 Å². The fourth-order valence-corrected chi connectivity index (χ4v) is 2.66. The van der Waals surface area contributed by atoms with Gasteiger partial charge >= 0.3 is 0 Å². The molecule has 0 aliphatic heterocycles. The number of amides is 1. The Morgan fingerprint density at radius 3 is 2.75 bits per heavy atom. The van der Waals surface area contributed by atoms with E-state index in [4.69, 9.17) is 4.74 Å². The van der Waals surface area contributed by atoms with Crippen molar-refractivity contribution in [2.75, 3.05) is 25.5 Å². The Morgan fingerprint density at radius 1 is 1.17 bits per heavy atom. The van der Waals surface area contributed by atoms with Gasteiger partial charge in [-0.15, -0.1) is 0 Å². The van der Waals surface area contributed by atoms with E-state index < -0.39 is 0 Å². The van der Waals surface area contributed by atoms with Gasteiger partial charge < -0.3 is 15.4 Å². The number of carbonyl (C=O) groups excluding carboxylic acids is 1. The van der Waals surface area contributed by atoms with Crippen LogP contribution in [-0.4, -0.2) is 26.1 Å². The van der Waals surface area contributed by atoms with Crippen molar-refractivity contribution in [1.29, 1.82) is 0 Å². The van der Waals surface area contributed by atoms with Gasteiger partial charge in [0, 0.05) is 29.7 Å². The van der Waals surface area contributed by atoms with Gasteiger partial charge in [0.2, 0.25) is 5.91 Å². The van der Waals surface area contributed by atoms with Crippen molar-refractivity contribution >= 4 is 27.5 Å². The molecular formula is C19H23BrN2O2. The molecule has 4 nitrogen and oxygen atoms in total. The molecule has 0 saturated heterocycles. The molecule has 128 valence electrons. The Bertz CT molecular complexity index is 689. The monoisotopic (exact) mass is 390 g/mol. The number of halogens is 1. The number of aryl methyl sites for hydroxylation is 1. The summed E-state index contributed by atoms with van der Waals surface area (Å²) in [5, 5.41) is 6.21. The van der Waals surface area contributed by atoms with Crippen LogP contribution in [0.1, 0.15) is 17.5 Å². The molecule has 0 aliphatic carbocycles. The molecule has 0 radical (unpaired) electrons. The first-order valence-electron chi connectivity index (χ1n) is 7.98. The summed E-state index contributed by atoms with van der Waals surface area (Å²) in [5.74, 6) is 0.892. The van der Waals surface area contributed by atoms with Crippen LogP contribution in [0.15, 0.2) is 46.9 Å². The van der Waals surface area contributed by atoms with E-state index in [1.807, 2.05) is 49.4 Å². The number of ether oxygens (including phenoxy) is 1. The minimum atomic E-state index is 0.0524. The zero-order chi connectivity index (χ0) is 17.4. The third-order valence-electron chi connectivity index (χ3n) is 3.72. The second kappa shape index (κ2) is 9.33. The van der Waals surface area contributed by atoms with E-state index in [2.05, 4.69) is 26.6 Å². The number of hydrogen-bond donors (Lipinski definition) is 2. The first kappa shape index (κ1) is 18.3. The molecule has 0 fully saturated rings. The fraction of sp³-hybridized carbons (Fsp3) is 0.316. The second-order valence-electron chi connectivity index (χ2n) is 5.59. The van der Waals surface area contributed by atoms with Crippen LogP contribution in [0.3, 0.4) is 0 Å². The molecule has 2 N–H and O–H groups in total. The highest BCUT2D eigenvalue weighted by molar-refractivity contribution is 9.10. The molecule has 2 aromatic carbocycles. The summed E-state index contributed by atoms with van der Waals surface area (Å²) in [6.07, 6.45) is 1.24. The molecule has 0 heterocycles. The van der Waals surface area contributed by atoms with Gasteiger partial charge in [-0.3, -0.25) is 4.79 Å². The highest BCUT2D eigenvalue weighted by Crippen LogP contribution is 2.20. The van der Waals surface area contributed by atoms with E-state index >= 15 is 0 Å². The number of rotatable bonds is 8. The maximum atomic E-state index is 11.9. The highest BCUT2D eigenvalue weighted by Gasteiger charge is 2.02. The maximum Gasteiger partial charge on any atom is 0.221 e. The van der Waals surface area contributed by atoms with Crippen molar-refractivity contribution < 1.29 is 9.53 Å². The number of hydrogen-bond acceptors (Lipinski definition) is 3. The fourth-order valence-electron chi connectivity index (χ4n) is 2.29. The third kappa shape index (κ3) is 5.89. The predicted molar refractivity (Wildman–Crippen MR) is 102 cm³/mol. The summed E-state index contributed by atoms with van der Waals surface area (Å²) in [7, 11) is 1.65. The first-order chi connectivity index (χ1) is 11.6. The van der Waals surface area contributed by atoms with E-state index in [-0.39, 0.29) is 5.91 Å². The van der Waals surface area contributed by atoms with Crippen molar-refractivity contribution in [2.24, 2.45) is 0 Å². The van der Waals surface area contributed by atoms with Gasteiger partial charge in [-0.05, 0) is 48.7 Å². The highest BCUT2D eigenvalue weighted by atomic mass is 79.9. The molecule has 1 amide bonds. The molecule has 0 aliphatic rings. The molecule has 5 heteroatoms. The Balaban J connectivity index is 1.67. The lowest BCUT2D eigenvalue weighted by atomic mass is 10.1. The van der Waals surface area contributed by atoms with Crippen LogP contribution < -0.4 is 15.4 Å². The average Bonchev–Trinajstić information content (AvgIpc) is 2.58. The van der Waals surface area contributed by atoms with E-state index in [9.17, 15) is 4.79 Å². The van der Waals surface area contributed by atoms with E-state index in [0.717, 1.165) is 27.9 Å². The Labute approximate surface area is 151 Å². The summed E-state index contributed by atoms with van der Waals surface area (Å²) in [5.41, 5.74) is 3.35. The molecular weight excluding hydrogens is 368 g/mol. The predicted octanol–water partition coefficient (Wildman–Crippen LogP) is 3.93. The van der Waals surface area contributed by atoms with Gasteiger partial charge in [-0.1, -0.05) is 34.1 Å². The summed E-state index contributed by atoms with van der Waals surface area (Å²) in [6, 6.07) is 14.0. The number of methoxy groups -OCH3 is 1. The first-order valence-corrected chi connectivity index (χ1v) is 8.77. The smallest absolute Gasteiger partial charge is 0.221 e. The van der Waals surface area contributed by atoms with Crippen LogP contribution in [0, 0.1) is 6.92 Å². The molecule has 2 aromatic rings. The normalized spacial score (nSPS) is 10.3. The summed E-state index contributed by atoms with van der Waals surface area (Å²) < 4.78 is 6.26. The molecule has 24 heavy (non-hydrogen) atoms. The zero-order valence-corrected chi connectivity index (χ0v) is 15.7. The Morgan fingerprint density at radius 2 is 2.00 bits per heavy atom. The van der Waals surface area contributed by atoms with Crippen molar-refractivity contribution in [3.63, 3.8) is 0 Å². The number of nitrogens with one attached hydrogen (secondary N) is 2. The Kier molecular flexibility index (Phi) is 7.12. The van der Waals surface area contributed by atoms with Crippen molar-refractivity contribution in [3.8, 4) is 5.75 Å². The molecule has 0 atom stereocenters. The standard InChI is InChI=1S/C19H23BrN2O2/c1-14-6-7-16(13-18(14)20)21-11-9-19(23)22-10-8-15-4-3-5-17(12-15)24-2/h3-7,12-13,21H,8-11H2,1-2H3,(H,22,23). The molecule has 0 aromatic heterocycles. The van der Waals surface area contributed by atoms with Crippen molar-refractivity contribution in [2.45, 2.75) is 19.8 Å². The third-order valence-corrected chi connectivity index (χ3v) is 4.58.